The number of benzene rings is 1. The summed E-state index contributed by atoms with van der Waals surface area (Å²) in [5, 5.41) is 8.86. The third kappa shape index (κ3) is 3.71. The van der Waals surface area contributed by atoms with Crippen LogP contribution in [0.1, 0.15) is 17.0 Å². The fraction of sp³-hybridized carbons (Fsp3) is 0.231. The summed E-state index contributed by atoms with van der Waals surface area (Å²) < 4.78 is 44.3. The van der Waals surface area contributed by atoms with E-state index < -0.39 is 11.7 Å². The van der Waals surface area contributed by atoms with Gasteiger partial charge in [-0.25, -0.2) is 4.98 Å². The van der Waals surface area contributed by atoms with Crippen LogP contribution >= 0.6 is 23.2 Å². The van der Waals surface area contributed by atoms with Crippen molar-refractivity contribution >= 4 is 23.2 Å². The first-order valence-corrected chi connectivity index (χ1v) is 6.64. The number of hydrogen-bond donors (Lipinski definition) is 0. The fourth-order valence-corrected chi connectivity index (χ4v) is 2.05. The molecule has 1 aromatic carbocycles. The normalized spacial score (nSPS) is 11.5. The third-order valence-electron chi connectivity index (χ3n) is 2.71. The van der Waals surface area contributed by atoms with Crippen LogP contribution in [0, 0.1) is 11.3 Å². The van der Waals surface area contributed by atoms with E-state index in [9.17, 15) is 13.2 Å². The van der Waals surface area contributed by atoms with Gasteiger partial charge in [0.15, 0.2) is 10.3 Å². The van der Waals surface area contributed by atoms with Crippen LogP contribution < -0.4 is 0 Å². The van der Waals surface area contributed by atoms with E-state index >= 15 is 0 Å². The Morgan fingerprint density at radius 2 is 2.05 bits per heavy atom. The molecule has 0 radical (unpaired) electrons. The van der Waals surface area contributed by atoms with E-state index in [1.165, 1.54) is 16.7 Å². The number of nitriles is 1. The lowest BCUT2D eigenvalue weighted by Gasteiger charge is -2.10. The molecule has 0 aliphatic carbocycles. The lowest BCUT2D eigenvalue weighted by atomic mass is 10.1. The summed E-state index contributed by atoms with van der Waals surface area (Å²) >= 11 is 11.5. The van der Waals surface area contributed by atoms with Crippen LogP contribution in [0.5, 0.6) is 0 Å². The van der Waals surface area contributed by atoms with E-state index in [0.717, 1.165) is 12.1 Å². The van der Waals surface area contributed by atoms with Crippen LogP contribution in [-0.2, 0) is 24.3 Å². The Kier molecular flexibility index (Phi) is 4.96. The summed E-state index contributed by atoms with van der Waals surface area (Å²) in [4.78, 5) is 3.71. The van der Waals surface area contributed by atoms with E-state index in [-0.39, 0.29) is 29.5 Å². The zero-order chi connectivity index (χ0) is 16.3. The minimum atomic E-state index is -4.41. The number of imidazole rings is 1. The van der Waals surface area contributed by atoms with E-state index in [4.69, 9.17) is 33.2 Å². The number of hydrogen-bond acceptors (Lipinski definition) is 3. The Morgan fingerprint density at radius 3 is 2.68 bits per heavy atom. The predicted octanol–water partition coefficient (Wildman–Crippen LogP) is 4.25. The van der Waals surface area contributed by atoms with E-state index in [1.807, 2.05) is 0 Å². The van der Waals surface area contributed by atoms with Crippen molar-refractivity contribution in [2.75, 3.05) is 0 Å². The largest absolute Gasteiger partial charge is 0.416 e. The topological polar surface area (TPSA) is 50.8 Å². The first-order valence-electron chi connectivity index (χ1n) is 5.88. The number of ether oxygens (including phenoxy) is 1. The second-order valence-corrected chi connectivity index (χ2v) is 4.95. The van der Waals surface area contributed by atoms with Gasteiger partial charge in [-0.05, 0) is 17.7 Å². The van der Waals surface area contributed by atoms with Crippen molar-refractivity contribution in [2.45, 2.75) is 19.5 Å². The fourth-order valence-electron chi connectivity index (χ4n) is 1.70. The van der Waals surface area contributed by atoms with Crippen LogP contribution in [0.15, 0.2) is 24.3 Å². The standard InChI is InChI=1S/C13H8Cl2F3N3O/c14-11-12(15)21(10(5-19)20-11)7-22-6-8-2-1-3-9(4-8)13(16,17)18/h1-4H,6-7H2. The molecule has 2 rings (SSSR count). The first-order chi connectivity index (χ1) is 10.3. The van der Waals surface area contributed by atoms with Gasteiger partial charge in [-0.3, -0.25) is 4.57 Å². The van der Waals surface area contributed by atoms with Crippen molar-refractivity contribution in [1.82, 2.24) is 9.55 Å². The van der Waals surface area contributed by atoms with Crippen molar-refractivity contribution in [3.05, 3.63) is 51.5 Å². The SMILES string of the molecule is N#Cc1nc(Cl)c(Cl)n1COCc1cccc(C(F)(F)F)c1. The van der Waals surface area contributed by atoms with Crippen LogP contribution in [-0.4, -0.2) is 9.55 Å². The van der Waals surface area contributed by atoms with Gasteiger partial charge in [-0.15, -0.1) is 0 Å². The molecule has 0 N–H and O–H groups in total. The van der Waals surface area contributed by atoms with Crippen molar-refractivity contribution in [3.63, 3.8) is 0 Å². The summed E-state index contributed by atoms with van der Waals surface area (Å²) in [6.45, 7) is -0.237. The Morgan fingerprint density at radius 1 is 1.32 bits per heavy atom. The highest BCUT2D eigenvalue weighted by Gasteiger charge is 2.30. The number of rotatable bonds is 4. The van der Waals surface area contributed by atoms with Gasteiger partial charge in [0, 0.05) is 0 Å². The molecule has 0 unspecified atom stereocenters. The summed E-state index contributed by atoms with van der Waals surface area (Å²) in [6.07, 6.45) is -4.41. The molecule has 1 heterocycles. The molecule has 0 spiro atoms. The van der Waals surface area contributed by atoms with E-state index in [1.54, 1.807) is 6.07 Å². The number of halogens is 5. The molecule has 0 bridgehead atoms. The van der Waals surface area contributed by atoms with Crippen LogP contribution in [0.25, 0.3) is 0 Å². The quantitative estimate of drug-likeness (QED) is 0.828. The van der Waals surface area contributed by atoms with Crippen molar-refractivity contribution in [1.29, 1.82) is 5.26 Å². The van der Waals surface area contributed by atoms with E-state index in [0.29, 0.717) is 5.56 Å². The zero-order valence-electron chi connectivity index (χ0n) is 10.9. The molecule has 0 fully saturated rings. The van der Waals surface area contributed by atoms with Gasteiger partial charge < -0.3 is 4.74 Å². The Balaban J connectivity index is 2.05. The molecule has 116 valence electrons. The number of alkyl halides is 3. The number of nitrogens with zero attached hydrogens (tertiary/aromatic N) is 3. The van der Waals surface area contributed by atoms with Crippen LogP contribution in [0.3, 0.4) is 0 Å². The lowest BCUT2D eigenvalue weighted by molar-refractivity contribution is -0.137. The molecule has 0 aliphatic rings. The number of aromatic nitrogens is 2. The summed E-state index contributed by atoms with van der Waals surface area (Å²) in [6, 6.07) is 6.56. The molecule has 0 saturated heterocycles. The highest BCUT2D eigenvalue weighted by atomic mass is 35.5. The average Bonchev–Trinajstić information content (AvgIpc) is 2.74. The molecule has 0 atom stereocenters. The molecule has 1 aromatic heterocycles. The molecular formula is C13H8Cl2F3N3O. The van der Waals surface area contributed by atoms with Gasteiger partial charge in [-0.2, -0.15) is 18.4 Å². The van der Waals surface area contributed by atoms with Gasteiger partial charge in [0.2, 0.25) is 5.82 Å². The lowest BCUT2D eigenvalue weighted by Crippen LogP contribution is -2.07. The molecule has 4 nitrogen and oxygen atoms in total. The third-order valence-corrected chi connectivity index (χ3v) is 3.45. The maximum absolute atomic E-state index is 12.6. The maximum atomic E-state index is 12.6. The molecule has 22 heavy (non-hydrogen) atoms. The smallest absolute Gasteiger partial charge is 0.356 e. The second-order valence-electron chi connectivity index (χ2n) is 4.23. The average molecular weight is 350 g/mol. The minimum absolute atomic E-state index is 0.0299. The van der Waals surface area contributed by atoms with Crippen molar-refractivity contribution in [2.24, 2.45) is 0 Å². The van der Waals surface area contributed by atoms with E-state index in [2.05, 4.69) is 4.98 Å². The summed E-state index contributed by atoms with van der Waals surface area (Å²) in [5.41, 5.74) is -0.411. The Hall–Kier alpha value is -1.75. The molecule has 0 amide bonds. The minimum Gasteiger partial charge on any atom is -0.356 e. The molecule has 9 heteroatoms. The van der Waals surface area contributed by atoms with Crippen molar-refractivity contribution < 1.29 is 17.9 Å². The van der Waals surface area contributed by atoms with Crippen molar-refractivity contribution in [3.8, 4) is 6.07 Å². The monoisotopic (exact) mass is 349 g/mol. The molecule has 0 aliphatic heterocycles. The zero-order valence-corrected chi connectivity index (χ0v) is 12.4. The highest BCUT2D eigenvalue weighted by molar-refractivity contribution is 6.40. The Labute approximate surface area is 133 Å². The maximum Gasteiger partial charge on any atom is 0.416 e. The summed E-state index contributed by atoms with van der Waals surface area (Å²) in [7, 11) is 0. The summed E-state index contributed by atoms with van der Waals surface area (Å²) in [5.74, 6) is -0.0426. The molecular weight excluding hydrogens is 342 g/mol. The van der Waals surface area contributed by atoms with Crippen LogP contribution in [0.4, 0.5) is 13.2 Å². The van der Waals surface area contributed by atoms with Gasteiger partial charge in [0.05, 0.1) is 12.2 Å². The first kappa shape index (κ1) is 16.6. The molecule has 2 aromatic rings. The van der Waals surface area contributed by atoms with Gasteiger partial charge >= 0.3 is 6.18 Å². The molecule has 0 saturated carbocycles. The second kappa shape index (κ2) is 6.57. The predicted molar refractivity (Wildman–Crippen MR) is 73.2 cm³/mol. The van der Waals surface area contributed by atoms with Gasteiger partial charge in [-0.1, -0.05) is 35.3 Å². The van der Waals surface area contributed by atoms with Gasteiger partial charge in [0.1, 0.15) is 12.8 Å². The Bertz CT molecular complexity index is 722. The van der Waals surface area contributed by atoms with Gasteiger partial charge in [0.25, 0.3) is 0 Å². The van der Waals surface area contributed by atoms with Crippen LogP contribution in [0.2, 0.25) is 10.3 Å². The highest BCUT2D eigenvalue weighted by Crippen LogP contribution is 2.29.